The number of hydrogen-bond acceptors (Lipinski definition) is 4. The Bertz CT molecular complexity index is 1230. The molecule has 0 bridgehead atoms. The standard InChI is InChI=1S/C22H14FNO4/c1-13-10-15-11-16(23)3-7-20(15)27-22(13)9-8-19-18-5-4-17(24(25)26)12-14(18)2-6-21(19)28-22/h2-12H,1H3. The van der Waals surface area contributed by atoms with Crippen LogP contribution in [0, 0.1) is 15.9 Å². The van der Waals surface area contributed by atoms with E-state index in [1.807, 2.05) is 25.2 Å². The molecular formula is C22H14FNO4. The Hall–Kier alpha value is -3.67. The van der Waals surface area contributed by atoms with Gasteiger partial charge in [0.1, 0.15) is 17.3 Å². The molecule has 0 aromatic heterocycles. The monoisotopic (exact) mass is 375 g/mol. The second kappa shape index (κ2) is 5.66. The highest BCUT2D eigenvalue weighted by molar-refractivity contribution is 5.95. The molecule has 0 N–H and O–H groups in total. The van der Waals surface area contributed by atoms with Crippen LogP contribution in [0.5, 0.6) is 11.5 Å². The van der Waals surface area contributed by atoms with E-state index in [2.05, 4.69) is 0 Å². The van der Waals surface area contributed by atoms with Crippen molar-refractivity contribution in [1.82, 2.24) is 0 Å². The Morgan fingerprint density at radius 3 is 2.64 bits per heavy atom. The third-order valence-corrected chi connectivity index (χ3v) is 5.10. The summed E-state index contributed by atoms with van der Waals surface area (Å²) in [6, 6.07) is 12.7. The molecule has 0 saturated heterocycles. The smallest absolute Gasteiger partial charge is 0.294 e. The highest BCUT2D eigenvalue weighted by atomic mass is 19.1. The summed E-state index contributed by atoms with van der Waals surface area (Å²) in [5.74, 6) is -0.279. The predicted molar refractivity (Wildman–Crippen MR) is 104 cm³/mol. The molecule has 138 valence electrons. The van der Waals surface area contributed by atoms with Crippen LogP contribution < -0.4 is 9.47 Å². The van der Waals surface area contributed by atoms with E-state index in [9.17, 15) is 14.5 Å². The molecule has 0 amide bonds. The molecule has 0 aliphatic carbocycles. The fourth-order valence-corrected chi connectivity index (χ4v) is 3.66. The lowest BCUT2D eigenvalue weighted by Gasteiger charge is -2.38. The fourth-order valence-electron chi connectivity index (χ4n) is 3.66. The number of fused-ring (bicyclic) bond motifs is 4. The van der Waals surface area contributed by atoms with Crippen LogP contribution in [0.15, 0.2) is 60.2 Å². The van der Waals surface area contributed by atoms with Gasteiger partial charge in [-0.25, -0.2) is 4.39 Å². The Balaban J connectivity index is 1.60. The van der Waals surface area contributed by atoms with Gasteiger partial charge in [-0.1, -0.05) is 6.07 Å². The van der Waals surface area contributed by atoms with E-state index in [0.29, 0.717) is 17.1 Å². The molecule has 1 unspecified atom stereocenters. The third kappa shape index (κ3) is 2.38. The van der Waals surface area contributed by atoms with Crippen LogP contribution in [0.1, 0.15) is 18.1 Å². The van der Waals surface area contributed by atoms with Crippen molar-refractivity contribution in [3.63, 3.8) is 0 Å². The quantitative estimate of drug-likeness (QED) is 0.417. The number of nitro groups is 1. The van der Waals surface area contributed by atoms with Gasteiger partial charge in [0.25, 0.3) is 11.5 Å². The average Bonchev–Trinajstić information content (AvgIpc) is 2.68. The first-order chi connectivity index (χ1) is 13.4. The van der Waals surface area contributed by atoms with E-state index in [0.717, 1.165) is 21.9 Å². The lowest BCUT2D eigenvalue weighted by Crippen LogP contribution is -2.44. The average molecular weight is 375 g/mol. The highest BCUT2D eigenvalue weighted by Gasteiger charge is 2.40. The molecule has 28 heavy (non-hydrogen) atoms. The number of nitrogens with zero attached hydrogens (tertiary/aromatic N) is 1. The van der Waals surface area contributed by atoms with Gasteiger partial charge in [0.15, 0.2) is 0 Å². The minimum absolute atomic E-state index is 0.0443. The number of nitro benzene ring substituents is 1. The maximum atomic E-state index is 13.5. The molecule has 1 atom stereocenters. The number of halogens is 1. The molecule has 3 aromatic rings. The van der Waals surface area contributed by atoms with Crippen molar-refractivity contribution in [3.05, 3.63) is 87.2 Å². The van der Waals surface area contributed by atoms with Crippen molar-refractivity contribution in [2.24, 2.45) is 0 Å². The zero-order chi connectivity index (χ0) is 19.5. The molecule has 0 radical (unpaired) electrons. The predicted octanol–water partition coefficient (Wildman–Crippen LogP) is 5.48. The summed E-state index contributed by atoms with van der Waals surface area (Å²) in [5, 5.41) is 12.6. The van der Waals surface area contributed by atoms with E-state index < -0.39 is 10.7 Å². The number of benzene rings is 3. The Morgan fingerprint density at radius 2 is 1.82 bits per heavy atom. The number of hydrogen-bond donors (Lipinski definition) is 0. The molecule has 2 aliphatic rings. The molecule has 2 aliphatic heterocycles. The SMILES string of the molecule is CC1=Cc2cc(F)ccc2OC12C=Cc1c(ccc3cc([N+](=O)[O-])ccc13)O2. The minimum Gasteiger partial charge on any atom is -0.444 e. The van der Waals surface area contributed by atoms with Crippen molar-refractivity contribution in [3.8, 4) is 11.5 Å². The van der Waals surface area contributed by atoms with Crippen LogP contribution >= 0.6 is 0 Å². The second-order valence-electron chi connectivity index (χ2n) is 6.85. The zero-order valence-electron chi connectivity index (χ0n) is 14.8. The minimum atomic E-state index is -1.10. The summed E-state index contributed by atoms with van der Waals surface area (Å²) in [5.41, 5.74) is 2.33. The fraction of sp³-hybridized carbons (Fsp3) is 0.0909. The molecular weight excluding hydrogens is 361 g/mol. The molecule has 6 heteroatoms. The van der Waals surface area contributed by atoms with Crippen molar-refractivity contribution < 1.29 is 18.8 Å². The number of ether oxygens (including phenoxy) is 2. The van der Waals surface area contributed by atoms with Gasteiger partial charge in [0.2, 0.25) is 0 Å². The summed E-state index contributed by atoms with van der Waals surface area (Å²) in [6.07, 6.45) is 5.56. The first-order valence-corrected chi connectivity index (χ1v) is 8.72. The van der Waals surface area contributed by atoms with E-state index in [-0.39, 0.29) is 11.5 Å². The van der Waals surface area contributed by atoms with Crippen LogP contribution in [0.25, 0.3) is 22.9 Å². The van der Waals surface area contributed by atoms with E-state index >= 15 is 0 Å². The number of non-ortho nitro benzene ring substituents is 1. The molecule has 5 nitrogen and oxygen atoms in total. The molecule has 0 saturated carbocycles. The molecule has 3 aromatic carbocycles. The lowest BCUT2D eigenvalue weighted by atomic mass is 9.94. The molecule has 5 rings (SSSR count). The normalized spacial score (nSPS) is 19.4. The zero-order valence-corrected chi connectivity index (χ0v) is 14.8. The summed E-state index contributed by atoms with van der Waals surface area (Å²) >= 11 is 0. The Kier molecular flexibility index (Phi) is 3.34. The van der Waals surface area contributed by atoms with E-state index in [1.165, 1.54) is 18.2 Å². The van der Waals surface area contributed by atoms with Crippen molar-refractivity contribution in [2.45, 2.75) is 12.7 Å². The molecule has 2 heterocycles. The molecule has 1 spiro atoms. The number of rotatable bonds is 1. The first kappa shape index (κ1) is 16.5. The van der Waals surface area contributed by atoms with Crippen molar-refractivity contribution in [2.75, 3.05) is 0 Å². The lowest BCUT2D eigenvalue weighted by molar-refractivity contribution is -0.384. The van der Waals surface area contributed by atoms with Gasteiger partial charge in [-0.3, -0.25) is 10.1 Å². The van der Waals surface area contributed by atoms with Gasteiger partial charge in [-0.05, 0) is 60.2 Å². The van der Waals surface area contributed by atoms with Crippen LogP contribution in [-0.2, 0) is 0 Å². The van der Waals surface area contributed by atoms with Crippen LogP contribution in [-0.4, -0.2) is 10.7 Å². The summed E-state index contributed by atoms with van der Waals surface area (Å²) in [6.45, 7) is 1.87. The van der Waals surface area contributed by atoms with Gasteiger partial charge in [-0.2, -0.15) is 0 Å². The van der Waals surface area contributed by atoms with E-state index in [1.54, 1.807) is 30.3 Å². The Morgan fingerprint density at radius 1 is 1.04 bits per heavy atom. The second-order valence-corrected chi connectivity index (χ2v) is 6.85. The van der Waals surface area contributed by atoms with Crippen LogP contribution in [0.3, 0.4) is 0 Å². The van der Waals surface area contributed by atoms with Gasteiger partial charge in [0.05, 0.1) is 4.92 Å². The largest absolute Gasteiger partial charge is 0.444 e. The van der Waals surface area contributed by atoms with Gasteiger partial charge >= 0.3 is 0 Å². The van der Waals surface area contributed by atoms with Gasteiger partial charge < -0.3 is 9.47 Å². The van der Waals surface area contributed by atoms with Gasteiger partial charge in [-0.15, -0.1) is 0 Å². The van der Waals surface area contributed by atoms with Gasteiger partial charge in [0, 0.05) is 34.9 Å². The topological polar surface area (TPSA) is 61.6 Å². The summed E-state index contributed by atoms with van der Waals surface area (Å²) in [7, 11) is 0. The third-order valence-electron chi connectivity index (χ3n) is 5.10. The Labute approximate surface area is 159 Å². The maximum absolute atomic E-state index is 13.5. The van der Waals surface area contributed by atoms with Crippen LogP contribution in [0.2, 0.25) is 0 Å². The van der Waals surface area contributed by atoms with Crippen LogP contribution in [0.4, 0.5) is 10.1 Å². The first-order valence-electron chi connectivity index (χ1n) is 8.72. The summed E-state index contributed by atoms with van der Waals surface area (Å²) in [4.78, 5) is 10.6. The highest BCUT2D eigenvalue weighted by Crippen LogP contribution is 2.43. The summed E-state index contributed by atoms with van der Waals surface area (Å²) < 4.78 is 25.9. The van der Waals surface area contributed by atoms with Crippen molar-refractivity contribution >= 4 is 28.6 Å². The molecule has 0 fully saturated rings. The van der Waals surface area contributed by atoms with E-state index in [4.69, 9.17) is 9.47 Å². The van der Waals surface area contributed by atoms with Crippen molar-refractivity contribution in [1.29, 1.82) is 0 Å². The maximum Gasteiger partial charge on any atom is 0.294 e.